The van der Waals surface area contributed by atoms with Crippen LogP contribution < -0.4 is 5.73 Å². The van der Waals surface area contributed by atoms with Gasteiger partial charge in [0.05, 0.1) is 0 Å². The van der Waals surface area contributed by atoms with Gasteiger partial charge in [0.25, 0.3) is 0 Å². The van der Waals surface area contributed by atoms with Crippen LogP contribution in [0.1, 0.15) is 47.1 Å². The lowest BCUT2D eigenvalue weighted by atomic mass is 9.76. The maximum absolute atomic E-state index is 12.7. The maximum atomic E-state index is 12.7. The molecular formula is C21H21N3O2S. The highest BCUT2D eigenvalue weighted by molar-refractivity contribution is 7.15. The minimum Gasteiger partial charge on any atom is -0.369 e. The lowest BCUT2D eigenvalue weighted by Gasteiger charge is -2.28. The first-order chi connectivity index (χ1) is 13.1. The van der Waals surface area contributed by atoms with Crippen LogP contribution in [0.15, 0.2) is 54.6 Å². The van der Waals surface area contributed by atoms with E-state index in [-0.39, 0.29) is 0 Å². The van der Waals surface area contributed by atoms with E-state index in [0.29, 0.717) is 22.0 Å². The molecule has 2 aromatic carbocycles. The van der Waals surface area contributed by atoms with Crippen molar-refractivity contribution in [3.05, 3.63) is 70.7 Å². The second-order valence-electron chi connectivity index (χ2n) is 6.39. The first kappa shape index (κ1) is 18.9. The highest BCUT2D eigenvalue weighted by atomic mass is 32.1. The molecule has 1 heterocycles. The van der Waals surface area contributed by atoms with Gasteiger partial charge in [0.1, 0.15) is 21.7 Å². The molecule has 0 radical (unpaired) electrons. The zero-order valence-electron chi connectivity index (χ0n) is 15.1. The van der Waals surface area contributed by atoms with Crippen LogP contribution in [0.4, 0.5) is 0 Å². The number of rotatable bonds is 8. The van der Waals surface area contributed by atoms with Gasteiger partial charge in [0.2, 0.25) is 5.91 Å². The van der Waals surface area contributed by atoms with Gasteiger partial charge < -0.3 is 5.73 Å². The van der Waals surface area contributed by atoms with Crippen LogP contribution >= 0.6 is 11.3 Å². The summed E-state index contributed by atoms with van der Waals surface area (Å²) >= 11 is 1.37. The van der Waals surface area contributed by atoms with Crippen molar-refractivity contribution in [3.8, 4) is 10.6 Å². The monoisotopic (exact) mass is 379 g/mol. The molecule has 0 aliphatic heterocycles. The Labute approximate surface area is 162 Å². The van der Waals surface area contributed by atoms with Gasteiger partial charge in [0, 0.05) is 11.1 Å². The van der Waals surface area contributed by atoms with Crippen LogP contribution in [0.3, 0.4) is 0 Å². The van der Waals surface area contributed by atoms with Crippen LogP contribution in [0, 0.1) is 0 Å². The Balaban J connectivity index is 2.08. The molecule has 0 fully saturated rings. The summed E-state index contributed by atoms with van der Waals surface area (Å²) in [6, 6.07) is 16.7. The summed E-state index contributed by atoms with van der Waals surface area (Å²) in [6.45, 7) is 2.08. The molecule has 0 spiro atoms. The van der Waals surface area contributed by atoms with Crippen molar-refractivity contribution in [2.45, 2.75) is 31.6 Å². The SMILES string of the molecule is CCCCC(C(N)=O)(c1ccccc1)c1nnc(-c2ccc(C=O)cc2)s1. The molecule has 138 valence electrons. The van der Waals surface area contributed by atoms with E-state index in [1.807, 2.05) is 42.5 Å². The highest BCUT2D eigenvalue weighted by Crippen LogP contribution is 2.40. The van der Waals surface area contributed by atoms with Crippen LogP contribution in [0.5, 0.6) is 0 Å². The second-order valence-corrected chi connectivity index (χ2v) is 7.37. The standard InChI is InChI=1S/C21H21N3O2S/c1-2-3-13-21(19(22)26,17-7-5-4-6-8-17)20-24-23-18(27-20)16-11-9-15(14-25)10-12-16/h4-12,14H,2-3,13H2,1H3,(H2,22,26). The molecule has 3 aromatic rings. The van der Waals surface area contributed by atoms with Gasteiger partial charge >= 0.3 is 0 Å². The van der Waals surface area contributed by atoms with Crippen LogP contribution in [-0.2, 0) is 10.2 Å². The van der Waals surface area contributed by atoms with E-state index >= 15 is 0 Å². The smallest absolute Gasteiger partial charge is 0.235 e. The summed E-state index contributed by atoms with van der Waals surface area (Å²) in [5.41, 5.74) is 7.22. The number of benzene rings is 2. The van der Waals surface area contributed by atoms with Crippen molar-refractivity contribution < 1.29 is 9.59 Å². The Morgan fingerprint density at radius 2 is 1.81 bits per heavy atom. The molecule has 5 nitrogen and oxygen atoms in total. The van der Waals surface area contributed by atoms with E-state index in [2.05, 4.69) is 17.1 Å². The molecule has 1 unspecified atom stereocenters. The molecule has 3 rings (SSSR count). The third-order valence-electron chi connectivity index (χ3n) is 4.68. The van der Waals surface area contributed by atoms with E-state index in [1.54, 1.807) is 12.1 Å². The molecule has 0 saturated carbocycles. The van der Waals surface area contributed by atoms with Crippen molar-refractivity contribution in [1.29, 1.82) is 0 Å². The topological polar surface area (TPSA) is 85.9 Å². The minimum absolute atomic E-state index is 0.416. The number of carbonyl (C=O) groups is 2. The second kappa shape index (κ2) is 8.22. The zero-order valence-corrected chi connectivity index (χ0v) is 15.9. The van der Waals surface area contributed by atoms with Gasteiger partial charge in [-0.3, -0.25) is 9.59 Å². The van der Waals surface area contributed by atoms with E-state index < -0.39 is 11.3 Å². The highest BCUT2D eigenvalue weighted by Gasteiger charge is 2.43. The third-order valence-corrected chi connectivity index (χ3v) is 5.81. The summed E-state index contributed by atoms with van der Waals surface area (Å²) in [4.78, 5) is 23.5. The van der Waals surface area contributed by atoms with Gasteiger partial charge in [-0.2, -0.15) is 0 Å². The fourth-order valence-electron chi connectivity index (χ4n) is 3.13. The molecule has 6 heteroatoms. The predicted octanol–water partition coefficient (Wildman–Crippen LogP) is 3.98. The number of nitrogens with zero attached hydrogens (tertiary/aromatic N) is 2. The van der Waals surface area contributed by atoms with Crippen molar-refractivity contribution in [3.63, 3.8) is 0 Å². The summed E-state index contributed by atoms with van der Waals surface area (Å²) in [5.74, 6) is -0.416. The van der Waals surface area contributed by atoms with E-state index in [4.69, 9.17) is 5.73 Å². The summed E-state index contributed by atoms with van der Waals surface area (Å²) in [5, 5.41) is 9.95. The number of amides is 1. The Morgan fingerprint density at radius 1 is 1.11 bits per heavy atom. The fourth-order valence-corrected chi connectivity index (χ4v) is 4.22. The molecule has 27 heavy (non-hydrogen) atoms. The number of primary amides is 1. The van der Waals surface area contributed by atoms with E-state index in [9.17, 15) is 9.59 Å². The van der Waals surface area contributed by atoms with Crippen molar-refractivity contribution in [2.24, 2.45) is 5.73 Å². The van der Waals surface area contributed by atoms with Gasteiger partial charge in [-0.1, -0.05) is 85.7 Å². The number of aldehydes is 1. The number of unbranched alkanes of at least 4 members (excludes halogenated alkanes) is 1. The Hall–Kier alpha value is -2.86. The van der Waals surface area contributed by atoms with Gasteiger partial charge in [-0.25, -0.2) is 0 Å². The lowest BCUT2D eigenvalue weighted by molar-refractivity contribution is -0.122. The lowest BCUT2D eigenvalue weighted by Crippen LogP contribution is -2.42. The molecular weight excluding hydrogens is 358 g/mol. The molecule has 1 atom stereocenters. The van der Waals surface area contributed by atoms with Crippen LogP contribution in [0.2, 0.25) is 0 Å². The van der Waals surface area contributed by atoms with E-state index in [1.165, 1.54) is 11.3 Å². The number of hydrogen-bond acceptors (Lipinski definition) is 5. The van der Waals surface area contributed by atoms with Gasteiger partial charge in [-0.15, -0.1) is 10.2 Å². The zero-order chi connectivity index (χ0) is 19.3. The van der Waals surface area contributed by atoms with Crippen molar-refractivity contribution >= 4 is 23.5 Å². The molecule has 1 aromatic heterocycles. The van der Waals surface area contributed by atoms with E-state index in [0.717, 1.165) is 30.3 Å². The number of carbonyl (C=O) groups excluding carboxylic acids is 2. The quantitative estimate of drug-likeness (QED) is 0.600. The van der Waals surface area contributed by atoms with Gasteiger partial charge in [-0.05, 0) is 12.0 Å². The van der Waals surface area contributed by atoms with Crippen LogP contribution in [0.25, 0.3) is 10.6 Å². The third kappa shape index (κ3) is 3.66. The summed E-state index contributed by atoms with van der Waals surface area (Å²) in [7, 11) is 0. The summed E-state index contributed by atoms with van der Waals surface area (Å²) < 4.78 is 0. The molecule has 1 amide bonds. The fraction of sp³-hybridized carbons (Fsp3) is 0.238. The number of hydrogen-bond donors (Lipinski definition) is 1. The first-order valence-electron chi connectivity index (χ1n) is 8.87. The largest absolute Gasteiger partial charge is 0.369 e. The molecule has 0 aliphatic carbocycles. The predicted molar refractivity (Wildman–Crippen MR) is 107 cm³/mol. The van der Waals surface area contributed by atoms with Gasteiger partial charge in [0.15, 0.2) is 0 Å². The average Bonchev–Trinajstić information content (AvgIpc) is 3.20. The Kier molecular flexibility index (Phi) is 5.76. The molecule has 0 saturated heterocycles. The maximum Gasteiger partial charge on any atom is 0.235 e. The number of nitrogens with two attached hydrogens (primary N) is 1. The average molecular weight is 379 g/mol. The Morgan fingerprint density at radius 3 is 2.41 bits per heavy atom. The Bertz CT molecular complexity index is 922. The normalized spacial score (nSPS) is 13.1. The molecule has 2 N–H and O–H groups in total. The number of aromatic nitrogens is 2. The van der Waals surface area contributed by atoms with Crippen LogP contribution in [-0.4, -0.2) is 22.4 Å². The van der Waals surface area contributed by atoms with Crippen molar-refractivity contribution in [1.82, 2.24) is 10.2 Å². The first-order valence-corrected chi connectivity index (χ1v) is 9.68. The molecule has 0 bridgehead atoms. The minimum atomic E-state index is -0.990. The molecule has 0 aliphatic rings. The van der Waals surface area contributed by atoms with Crippen molar-refractivity contribution in [2.75, 3.05) is 0 Å². The summed E-state index contributed by atoms with van der Waals surface area (Å²) in [6.07, 6.45) is 3.18.